The first-order chi connectivity index (χ1) is 17.4. The molecule has 0 aromatic heterocycles. The van der Waals surface area contributed by atoms with Crippen molar-refractivity contribution < 1.29 is 0 Å². The largest absolute Gasteiger partial charge is 0.348 e. The molecule has 0 saturated heterocycles. The fraction of sp³-hybridized carbons (Fsp3) is 1.00. The zero-order valence-electron chi connectivity index (χ0n) is 31.5. The SMILES string of the molecule is C[Si](C)(C)N[Si](C)(C)N[Si](C)(C)N[Si](C)(C)N[Si](C)(C)N[Si](C)(C)N[Si](C)(C)N[Si](C)(C)N[Si](C)(C)N[Si](C)(C)C. The molecule has 0 aliphatic carbocycles. The fourth-order valence-corrected chi connectivity index (χ4v) is 72.8. The summed E-state index contributed by atoms with van der Waals surface area (Å²) in [5, 5.41) is 0. The Balaban J connectivity index is 5.43. The minimum Gasteiger partial charge on any atom is -0.348 e. The molecule has 248 valence electrons. The number of rotatable bonds is 18. The van der Waals surface area contributed by atoms with Crippen LogP contribution in [0.4, 0.5) is 0 Å². The zero-order chi connectivity index (χ0) is 33.4. The molecule has 0 aromatic rings. The molecule has 0 unspecified atom stereocenters. The molecule has 0 aromatic carbocycles. The molecule has 0 radical (unpaired) electrons. The Hall–Kier alpha value is 1.81. The Kier molecular flexibility index (Phi) is 14.5. The van der Waals surface area contributed by atoms with Gasteiger partial charge in [0.2, 0.25) is 0 Å². The van der Waals surface area contributed by atoms with E-state index in [-0.39, 0.29) is 0 Å². The van der Waals surface area contributed by atoms with E-state index < -0.39 is 83.6 Å². The third kappa shape index (κ3) is 21.3. The summed E-state index contributed by atoms with van der Waals surface area (Å²) in [5.74, 6) is 0. The first-order valence-electron chi connectivity index (χ1n) is 15.5. The molecule has 0 atom stereocenters. The quantitative estimate of drug-likeness (QED) is 0.0934. The molecular weight excluding hydrogens is 671 g/mol. The van der Waals surface area contributed by atoms with Crippen LogP contribution in [0.15, 0.2) is 0 Å². The maximum atomic E-state index is 4.21. The van der Waals surface area contributed by atoms with E-state index in [1.54, 1.807) is 0 Å². The third-order valence-corrected chi connectivity index (χ3v) is 51.8. The summed E-state index contributed by atoms with van der Waals surface area (Å²) in [6.07, 6.45) is 0. The van der Waals surface area contributed by atoms with E-state index in [1.807, 2.05) is 0 Å². The number of nitrogens with one attached hydrogen (secondary N) is 9. The van der Waals surface area contributed by atoms with Crippen LogP contribution in [0.2, 0.25) is 144 Å². The average Bonchev–Trinajstić information content (AvgIpc) is 2.37. The second-order valence-corrected chi connectivity index (χ2v) is 62.6. The minimum atomic E-state index is -1.91. The predicted molar refractivity (Wildman–Crippen MR) is 215 cm³/mol. The summed E-state index contributed by atoms with van der Waals surface area (Å²) in [5.41, 5.74) is 0. The van der Waals surface area contributed by atoms with Gasteiger partial charge in [-0.3, -0.25) is 0 Å². The van der Waals surface area contributed by atoms with E-state index in [2.05, 4.69) is 186 Å². The molecule has 0 aliphatic rings. The van der Waals surface area contributed by atoms with Gasteiger partial charge in [0.25, 0.3) is 0 Å². The molecule has 0 bridgehead atoms. The van der Waals surface area contributed by atoms with Gasteiger partial charge >= 0.3 is 0 Å². The van der Waals surface area contributed by atoms with Gasteiger partial charge < -0.3 is 41.8 Å². The first-order valence-corrected chi connectivity index (χ1v) is 46.5. The Morgan fingerprint density at radius 1 is 0.171 bits per heavy atom. The topological polar surface area (TPSA) is 108 Å². The van der Waals surface area contributed by atoms with Crippen LogP contribution in [0.3, 0.4) is 0 Å². The summed E-state index contributed by atoms with van der Waals surface area (Å²) in [6.45, 7) is 53.5. The monoisotopic (exact) mass is 745 g/mol. The molecule has 0 spiro atoms. The van der Waals surface area contributed by atoms with Crippen LogP contribution < -0.4 is 41.8 Å². The molecule has 9 N–H and O–H groups in total. The van der Waals surface area contributed by atoms with Gasteiger partial charge in [-0.05, 0) is 105 Å². The maximum absolute atomic E-state index is 4.21. The lowest BCUT2D eigenvalue weighted by molar-refractivity contribution is 1.06. The van der Waals surface area contributed by atoms with Gasteiger partial charge in [0.05, 0.1) is 0 Å². The van der Waals surface area contributed by atoms with E-state index in [0.717, 1.165) is 0 Å². The van der Waals surface area contributed by atoms with Crippen molar-refractivity contribution >= 4 is 83.6 Å². The van der Waals surface area contributed by atoms with Crippen molar-refractivity contribution in [2.24, 2.45) is 0 Å². The van der Waals surface area contributed by atoms with E-state index in [9.17, 15) is 0 Å². The lowest BCUT2D eigenvalue weighted by Gasteiger charge is -2.47. The maximum Gasteiger partial charge on any atom is 0.183 e. The van der Waals surface area contributed by atoms with Crippen molar-refractivity contribution in [1.82, 2.24) is 41.8 Å². The lowest BCUT2D eigenvalue weighted by Crippen LogP contribution is -2.85. The van der Waals surface area contributed by atoms with Gasteiger partial charge in [-0.2, -0.15) is 0 Å². The van der Waals surface area contributed by atoms with Crippen LogP contribution in [-0.4, -0.2) is 83.6 Å². The van der Waals surface area contributed by atoms with Crippen molar-refractivity contribution in [2.75, 3.05) is 0 Å². The Labute approximate surface area is 268 Å². The highest BCUT2D eigenvalue weighted by molar-refractivity contribution is 7.05. The molecule has 0 aliphatic heterocycles. The number of hydrogen-bond acceptors (Lipinski definition) is 9. The van der Waals surface area contributed by atoms with Crippen LogP contribution in [0.1, 0.15) is 0 Å². The highest BCUT2D eigenvalue weighted by atomic mass is 28.5. The van der Waals surface area contributed by atoms with Crippen molar-refractivity contribution in [3.8, 4) is 0 Å². The molecule has 9 nitrogen and oxygen atoms in total. The molecule has 0 heterocycles. The molecular formula is C22H75N9Si10. The molecule has 0 amide bonds. The lowest BCUT2D eigenvalue weighted by atomic mass is 11.8. The van der Waals surface area contributed by atoms with Crippen molar-refractivity contribution in [2.45, 2.75) is 144 Å². The van der Waals surface area contributed by atoms with Crippen LogP contribution in [0.25, 0.3) is 0 Å². The highest BCUT2D eigenvalue weighted by Gasteiger charge is 2.45. The Morgan fingerprint density at radius 3 is 0.366 bits per heavy atom. The molecule has 0 fully saturated rings. The highest BCUT2D eigenvalue weighted by Crippen LogP contribution is 2.12. The normalized spacial score (nSPS) is 16.0. The van der Waals surface area contributed by atoms with E-state index >= 15 is 0 Å². The minimum absolute atomic E-state index is 1.34. The smallest absolute Gasteiger partial charge is 0.183 e. The van der Waals surface area contributed by atoms with Crippen LogP contribution in [-0.2, 0) is 0 Å². The third-order valence-electron chi connectivity index (χ3n) is 5.75. The van der Waals surface area contributed by atoms with Gasteiger partial charge in [-0.1, -0.05) is 39.3 Å². The Bertz CT molecular complexity index is 784. The Morgan fingerprint density at radius 2 is 0.268 bits per heavy atom. The summed E-state index contributed by atoms with van der Waals surface area (Å²) in [4.78, 5) is 0. The van der Waals surface area contributed by atoms with E-state index in [4.69, 9.17) is 0 Å². The van der Waals surface area contributed by atoms with E-state index in [0.29, 0.717) is 0 Å². The van der Waals surface area contributed by atoms with Crippen molar-refractivity contribution in [1.29, 1.82) is 0 Å². The molecule has 0 saturated carbocycles. The van der Waals surface area contributed by atoms with Gasteiger partial charge in [0.15, 0.2) is 67.2 Å². The fourth-order valence-electron chi connectivity index (χ4n) is 7.59. The van der Waals surface area contributed by atoms with Gasteiger partial charge in [-0.25, -0.2) is 0 Å². The van der Waals surface area contributed by atoms with Gasteiger partial charge in [0, 0.05) is 0 Å². The van der Waals surface area contributed by atoms with Crippen LogP contribution in [0.5, 0.6) is 0 Å². The summed E-state index contributed by atoms with van der Waals surface area (Å²) in [6, 6.07) is 0. The standard InChI is InChI=1S/C22H75N9Si10/c1-32(2,3)23-34(7,8)25-36(11,12)27-38(15,16)29-40(19,20)31-41(21,22)30-39(17,18)28-37(13,14)26-35(9,10)24-33(4,5)6/h23-31H,1-22H3. The molecule has 0 rings (SSSR count). The average molecular weight is 747 g/mol. The molecule has 19 heteroatoms. The predicted octanol–water partition coefficient (Wildman–Crippen LogP) is 4.58. The summed E-state index contributed by atoms with van der Waals surface area (Å²) >= 11 is 0. The summed E-state index contributed by atoms with van der Waals surface area (Å²) in [7, 11) is -17.3. The summed E-state index contributed by atoms with van der Waals surface area (Å²) < 4.78 is 37.3. The second kappa shape index (κ2) is 13.9. The van der Waals surface area contributed by atoms with Gasteiger partial charge in [0.1, 0.15) is 16.5 Å². The van der Waals surface area contributed by atoms with Crippen molar-refractivity contribution in [3.05, 3.63) is 0 Å². The second-order valence-electron chi connectivity index (χ2n) is 18.6. The van der Waals surface area contributed by atoms with Crippen LogP contribution >= 0.6 is 0 Å². The molecule has 41 heavy (non-hydrogen) atoms. The number of hydrogen-bond donors (Lipinski definition) is 9. The van der Waals surface area contributed by atoms with E-state index in [1.165, 1.54) is 0 Å². The van der Waals surface area contributed by atoms with Crippen molar-refractivity contribution in [3.63, 3.8) is 0 Å². The van der Waals surface area contributed by atoms with Gasteiger partial charge in [-0.15, -0.1) is 0 Å². The zero-order valence-corrected chi connectivity index (χ0v) is 41.5. The van der Waals surface area contributed by atoms with Crippen LogP contribution in [0, 0.1) is 0 Å². The first kappa shape index (κ1) is 42.8.